The number of Topliss-reactive ketones (excluding diaryl/α,β-unsaturated/α-hetero) is 1. The molecule has 3 aromatic rings. The van der Waals surface area contributed by atoms with Crippen molar-refractivity contribution >= 4 is 33.3 Å². The summed E-state index contributed by atoms with van der Waals surface area (Å²) in [6, 6.07) is 7.40. The second-order valence-electron chi connectivity index (χ2n) is 7.24. The van der Waals surface area contributed by atoms with Crippen molar-refractivity contribution in [3.63, 3.8) is 0 Å². The van der Waals surface area contributed by atoms with Gasteiger partial charge in [-0.15, -0.1) is 11.3 Å². The van der Waals surface area contributed by atoms with E-state index in [-0.39, 0.29) is 24.5 Å². The topological polar surface area (TPSA) is 87.5 Å². The summed E-state index contributed by atoms with van der Waals surface area (Å²) in [4.78, 5) is 43.0. The number of benzene rings is 1. The smallest absolute Gasteiger partial charge is 0.348 e. The van der Waals surface area contributed by atoms with Crippen LogP contribution in [0.3, 0.4) is 0 Å². The van der Waals surface area contributed by atoms with Gasteiger partial charge in [0.2, 0.25) is 0 Å². The molecule has 1 aromatic carbocycles. The van der Waals surface area contributed by atoms with Crippen LogP contribution < -0.4 is 5.56 Å². The molecule has 8 heteroatoms. The molecule has 2 heterocycles. The highest BCUT2D eigenvalue weighted by Gasteiger charge is 2.21. The summed E-state index contributed by atoms with van der Waals surface area (Å²) in [5.74, 6) is -0.319. The molecule has 0 unspecified atom stereocenters. The average Bonchev–Trinajstić information content (AvgIpc) is 3.07. The standard InChI is InChI=1S/C22H24N2O5S/c1-13(2)15-5-7-16(8-6-15)17(25)11-24-12-23-20-18(21(24)26)14(3)19(30-20)22(27)29-10-9-28-4/h5-8,12-13H,9-11H2,1-4H3. The van der Waals surface area contributed by atoms with Gasteiger partial charge in [-0.3, -0.25) is 14.2 Å². The molecule has 0 saturated carbocycles. The monoisotopic (exact) mass is 428 g/mol. The number of aromatic nitrogens is 2. The highest BCUT2D eigenvalue weighted by Crippen LogP contribution is 2.27. The number of ketones is 1. The summed E-state index contributed by atoms with van der Waals surface area (Å²) in [7, 11) is 1.52. The molecule has 7 nitrogen and oxygen atoms in total. The SMILES string of the molecule is COCCOC(=O)c1sc2ncn(CC(=O)c3ccc(C(C)C)cc3)c(=O)c2c1C. The maximum atomic E-state index is 13.0. The van der Waals surface area contributed by atoms with Crippen LogP contribution in [0.25, 0.3) is 10.2 Å². The molecular weight excluding hydrogens is 404 g/mol. The minimum absolute atomic E-state index is 0.119. The van der Waals surface area contributed by atoms with Crippen LogP contribution in [-0.2, 0) is 16.0 Å². The number of ether oxygens (including phenoxy) is 2. The first-order valence-electron chi connectivity index (χ1n) is 9.61. The van der Waals surface area contributed by atoms with Crippen LogP contribution in [0.2, 0.25) is 0 Å². The Labute approximate surface area is 178 Å². The number of fused-ring (bicyclic) bond motifs is 1. The number of hydrogen-bond donors (Lipinski definition) is 0. The van der Waals surface area contributed by atoms with Crippen LogP contribution in [-0.4, -0.2) is 41.6 Å². The largest absolute Gasteiger partial charge is 0.459 e. The first-order valence-corrected chi connectivity index (χ1v) is 10.4. The second kappa shape index (κ2) is 9.32. The van der Waals surface area contributed by atoms with E-state index in [0.29, 0.717) is 38.7 Å². The number of carbonyl (C=O) groups is 2. The Balaban J connectivity index is 1.86. The van der Waals surface area contributed by atoms with Gasteiger partial charge < -0.3 is 9.47 Å². The van der Waals surface area contributed by atoms with Crippen molar-refractivity contribution in [2.45, 2.75) is 33.2 Å². The molecule has 0 atom stereocenters. The van der Waals surface area contributed by atoms with E-state index in [9.17, 15) is 14.4 Å². The van der Waals surface area contributed by atoms with Crippen LogP contribution in [0.5, 0.6) is 0 Å². The highest BCUT2D eigenvalue weighted by atomic mass is 32.1. The molecule has 3 rings (SSSR count). The highest BCUT2D eigenvalue weighted by molar-refractivity contribution is 7.20. The zero-order valence-corrected chi connectivity index (χ0v) is 18.2. The fourth-order valence-corrected chi connectivity index (χ4v) is 4.08. The maximum absolute atomic E-state index is 13.0. The summed E-state index contributed by atoms with van der Waals surface area (Å²) >= 11 is 1.11. The van der Waals surface area contributed by atoms with Gasteiger partial charge in [0, 0.05) is 12.7 Å². The minimum Gasteiger partial charge on any atom is -0.459 e. The number of aryl methyl sites for hydroxylation is 1. The average molecular weight is 429 g/mol. The Hall–Kier alpha value is -2.84. The number of rotatable bonds is 8. The van der Waals surface area contributed by atoms with Crippen molar-refractivity contribution in [1.29, 1.82) is 0 Å². The van der Waals surface area contributed by atoms with Gasteiger partial charge in [0.25, 0.3) is 5.56 Å². The zero-order valence-electron chi connectivity index (χ0n) is 17.4. The number of esters is 1. The Kier molecular flexibility index (Phi) is 6.79. The lowest BCUT2D eigenvalue weighted by Gasteiger charge is -2.08. The molecule has 0 aliphatic rings. The number of thiophene rings is 1. The second-order valence-corrected chi connectivity index (χ2v) is 8.24. The molecule has 158 valence electrons. The summed E-state index contributed by atoms with van der Waals surface area (Å²) in [6.45, 7) is 6.16. The van der Waals surface area contributed by atoms with E-state index in [1.165, 1.54) is 18.0 Å². The maximum Gasteiger partial charge on any atom is 0.348 e. The van der Waals surface area contributed by atoms with Crippen molar-refractivity contribution in [2.75, 3.05) is 20.3 Å². The molecule has 0 aliphatic carbocycles. The molecule has 30 heavy (non-hydrogen) atoms. The Morgan fingerprint density at radius 3 is 2.50 bits per heavy atom. The molecule has 0 amide bonds. The third-order valence-electron chi connectivity index (χ3n) is 4.84. The van der Waals surface area contributed by atoms with E-state index >= 15 is 0 Å². The van der Waals surface area contributed by atoms with Crippen LogP contribution in [0.4, 0.5) is 0 Å². The number of carbonyl (C=O) groups excluding carboxylic acids is 2. The van der Waals surface area contributed by atoms with E-state index in [2.05, 4.69) is 18.8 Å². The van der Waals surface area contributed by atoms with E-state index in [4.69, 9.17) is 9.47 Å². The zero-order chi connectivity index (χ0) is 21.8. The third-order valence-corrected chi connectivity index (χ3v) is 6.02. The molecule has 0 radical (unpaired) electrons. The fourth-order valence-electron chi connectivity index (χ4n) is 3.05. The molecule has 0 fully saturated rings. The first-order chi connectivity index (χ1) is 14.3. The van der Waals surface area contributed by atoms with Gasteiger partial charge in [0.1, 0.15) is 16.3 Å². The summed E-state index contributed by atoms with van der Waals surface area (Å²) in [5.41, 5.74) is 1.84. The Morgan fingerprint density at radius 1 is 1.17 bits per heavy atom. The number of nitrogens with zero attached hydrogens (tertiary/aromatic N) is 2. The van der Waals surface area contributed by atoms with Gasteiger partial charge in [-0.25, -0.2) is 9.78 Å². The van der Waals surface area contributed by atoms with E-state index in [1.807, 2.05) is 12.1 Å². The Bertz CT molecular complexity index is 1130. The first kappa shape index (κ1) is 21.9. The van der Waals surface area contributed by atoms with Gasteiger partial charge in [-0.05, 0) is 24.0 Å². The molecule has 0 saturated heterocycles. The molecule has 0 aliphatic heterocycles. The van der Waals surface area contributed by atoms with Gasteiger partial charge in [-0.2, -0.15) is 0 Å². The Morgan fingerprint density at radius 2 is 1.87 bits per heavy atom. The van der Waals surface area contributed by atoms with E-state index in [0.717, 1.165) is 16.9 Å². The van der Waals surface area contributed by atoms with Gasteiger partial charge >= 0.3 is 5.97 Å². The van der Waals surface area contributed by atoms with Crippen LogP contribution >= 0.6 is 11.3 Å². The minimum atomic E-state index is -0.514. The number of methoxy groups -OCH3 is 1. The number of hydrogen-bond acceptors (Lipinski definition) is 7. The lowest BCUT2D eigenvalue weighted by Crippen LogP contribution is -2.24. The van der Waals surface area contributed by atoms with Crippen molar-refractivity contribution in [2.24, 2.45) is 0 Å². The van der Waals surface area contributed by atoms with E-state index in [1.54, 1.807) is 19.1 Å². The van der Waals surface area contributed by atoms with Crippen LogP contribution in [0, 0.1) is 6.92 Å². The summed E-state index contributed by atoms with van der Waals surface area (Å²) in [6.07, 6.45) is 1.35. The van der Waals surface area contributed by atoms with Crippen molar-refractivity contribution in [3.05, 3.63) is 62.5 Å². The van der Waals surface area contributed by atoms with Crippen molar-refractivity contribution in [1.82, 2.24) is 9.55 Å². The van der Waals surface area contributed by atoms with Gasteiger partial charge in [0.05, 0.1) is 24.9 Å². The van der Waals surface area contributed by atoms with Gasteiger partial charge in [0.15, 0.2) is 5.78 Å². The van der Waals surface area contributed by atoms with Crippen LogP contribution in [0.1, 0.15) is 50.9 Å². The van der Waals surface area contributed by atoms with Crippen molar-refractivity contribution in [3.8, 4) is 0 Å². The quantitative estimate of drug-likeness (QED) is 0.310. The lowest BCUT2D eigenvalue weighted by molar-refractivity contribution is 0.0393. The molecule has 0 spiro atoms. The molecule has 0 bridgehead atoms. The molecule has 0 N–H and O–H groups in total. The lowest BCUT2D eigenvalue weighted by atomic mass is 10.0. The summed E-state index contributed by atoms with van der Waals surface area (Å²) < 4.78 is 11.3. The van der Waals surface area contributed by atoms with Crippen LogP contribution in [0.15, 0.2) is 35.4 Å². The molecular formula is C22H24N2O5S. The third kappa shape index (κ3) is 4.49. The predicted octanol–water partition coefficient (Wildman–Crippen LogP) is 3.58. The summed E-state index contributed by atoms with van der Waals surface area (Å²) in [5, 5.41) is 0.337. The normalized spacial score (nSPS) is 11.2. The van der Waals surface area contributed by atoms with Gasteiger partial charge in [-0.1, -0.05) is 38.1 Å². The molecule has 2 aromatic heterocycles. The van der Waals surface area contributed by atoms with Crippen molar-refractivity contribution < 1.29 is 19.1 Å². The van der Waals surface area contributed by atoms with E-state index < -0.39 is 5.97 Å². The fraction of sp³-hybridized carbons (Fsp3) is 0.364. The predicted molar refractivity (Wildman–Crippen MR) is 116 cm³/mol.